The van der Waals surface area contributed by atoms with E-state index >= 15 is 0 Å². The molecule has 0 aromatic carbocycles. The first kappa shape index (κ1) is 21.5. The van der Waals surface area contributed by atoms with Gasteiger partial charge in [0.05, 0.1) is 39.4 Å². The van der Waals surface area contributed by atoms with Gasteiger partial charge in [0.25, 0.3) is 5.91 Å². The van der Waals surface area contributed by atoms with Gasteiger partial charge >= 0.3 is 0 Å². The van der Waals surface area contributed by atoms with Crippen LogP contribution < -0.4 is 5.32 Å². The maximum Gasteiger partial charge on any atom is 0.255 e. The van der Waals surface area contributed by atoms with Gasteiger partial charge in [0, 0.05) is 30.6 Å². The molecule has 2 unspecified atom stereocenters. The molecule has 0 bridgehead atoms. The molecule has 1 aliphatic rings. The largest absolute Gasteiger partial charge is 0.396 e. The monoisotopic (exact) mass is 457 g/mol. The van der Waals surface area contributed by atoms with Gasteiger partial charge in [-0.3, -0.25) is 9.59 Å². The fraction of sp³-hybridized carbons (Fsp3) is 0.381. The van der Waals surface area contributed by atoms with Crippen LogP contribution in [0.3, 0.4) is 0 Å². The van der Waals surface area contributed by atoms with Gasteiger partial charge in [-0.25, -0.2) is 15.0 Å². The zero-order valence-electron chi connectivity index (χ0n) is 17.5. The summed E-state index contributed by atoms with van der Waals surface area (Å²) in [6, 6.07) is 3.44. The van der Waals surface area contributed by atoms with Crippen molar-refractivity contribution in [1.82, 2.24) is 19.9 Å². The SMILES string of the molecule is Cc1nc(C)c(-c2csc(Nc3ccc(C(=O)N4CC(C)C(=O)C(CO)C4)cn3)n2)s1. The number of nitrogens with zero attached hydrogens (tertiary/aromatic N) is 4. The minimum Gasteiger partial charge on any atom is -0.396 e. The predicted molar refractivity (Wildman–Crippen MR) is 121 cm³/mol. The number of carbonyl (C=O) groups excluding carboxylic acids is 2. The third-order valence-electron chi connectivity index (χ3n) is 5.22. The van der Waals surface area contributed by atoms with E-state index in [4.69, 9.17) is 0 Å². The molecule has 0 radical (unpaired) electrons. The fourth-order valence-electron chi connectivity index (χ4n) is 3.66. The Labute approximate surface area is 188 Å². The lowest BCUT2D eigenvalue weighted by atomic mass is 9.89. The number of ketones is 1. The van der Waals surface area contributed by atoms with Gasteiger partial charge in [-0.2, -0.15) is 0 Å². The van der Waals surface area contributed by atoms with Gasteiger partial charge in [-0.15, -0.1) is 22.7 Å². The molecule has 1 amide bonds. The second kappa shape index (κ2) is 8.81. The number of piperidine rings is 1. The molecule has 4 heterocycles. The molecule has 31 heavy (non-hydrogen) atoms. The third-order valence-corrected chi connectivity index (χ3v) is 7.07. The van der Waals surface area contributed by atoms with Crippen molar-refractivity contribution in [3.8, 4) is 10.6 Å². The van der Waals surface area contributed by atoms with E-state index in [2.05, 4.69) is 20.3 Å². The Kier molecular flexibility index (Phi) is 6.12. The zero-order chi connectivity index (χ0) is 22.1. The molecule has 0 spiro atoms. The molecule has 2 atom stereocenters. The van der Waals surface area contributed by atoms with E-state index in [1.807, 2.05) is 19.2 Å². The van der Waals surface area contributed by atoms with Crippen molar-refractivity contribution >= 4 is 45.3 Å². The number of aryl methyl sites for hydroxylation is 2. The average Bonchev–Trinajstić information content (AvgIpc) is 3.35. The van der Waals surface area contributed by atoms with Gasteiger partial charge in [0.2, 0.25) is 0 Å². The number of thiazole rings is 2. The van der Waals surface area contributed by atoms with Crippen molar-refractivity contribution in [2.75, 3.05) is 25.0 Å². The highest BCUT2D eigenvalue weighted by molar-refractivity contribution is 7.16. The molecule has 4 rings (SSSR count). The fourth-order valence-corrected chi connectivity index (χ4v) is 5.32. The van der Waals surface area contributed by atoms with E-state index in [0.29, 0.717) is 23.1 Å². The first-order chi connectivity index (χ1) is 14.9. The van der Waals surface area contributed by atoms with Crippen molar-refractivity contribution in [3.05, 3.63) is 40.0 Å². The Hall–Kier alpha value is -2.69. The molecule has 3 aromatic rings. The number of anilines is 2. The Morgan fingerprint density at radius 2 is 2.10 bits per heavy atom. The van der Waals surface area contributed by atoms with Crippen molar-refractivity contribution < 1.29 is 14.7 Å². The second-order valence-electron chi connectivity index (χ2n) is 7.64. The summed E-state index contributed by atoms with van der Waals surface area (Å²) in [5.74, 6) is -0.397. The first-order valence-electron chi connectivity index (χ1n) is 9.92. The molecule has 10 heteroatoms. The molecule has 2 N–H and O–H groups in total. The molecular formula is C21H23N5O3S2. The van der Waals surface area contributed by atoms with Crippen LogP contribution >= 0.6 is 22.7 Å². The Bertz CT molecular complexity index is 1110. The zero-order valence-corrected chi connectivity index (χ0v) is 19.1. The topological polar surface area (TPSA) is 108 Å². The smallest absolute Gasteiger partial charge is 0.255 e. The van der Waals surface area contributed by atoms with Crippen molar-refractivity contribution in [2.45, 2.75) is 20.8 Å². The van der Waals surface area contributed by atoms with Gasteiger partial charge in [0.1, 0.15) is 11.6 Å². The number of rotatable bonds is 5. The number of aliphatic hydroxyl groups is 1. The third kappa shape index (κ3) is 4.51. The lowest BCUT2D eigenvalue weighted by molar-refractivity contribution is -0.131. The summed E-state index contributed by atoms with van der Waals surface area (Å²) in [6.07, 6.45) is 1.52. The molecule has 0 saturated carbocycles. The van der Waals surface area contributed by atoms with E-state index in [0.717, 1.165) is 21.3 Å². The highest BCUT2D eigenvalue weighted by Gasteiger charge is 2.34. The predicted octanol–water partition coefficient (Wildman–Crippen LogP) is 3.29. The van der Waals surface area contributed by atoms with Crippen molar-refractivity contribution in [3.63, 3.8) is 0 Å². The highest BCUT2D eigenvalue weighted by atomic mass is 32.1. The molecule has 162 valence electrons. The summed E-state index contributed by atoms with van der Waals surface area (Å²) in [7, 11) is 0. The summed E-state index contributed by atoms with van der Waals surface area (Å²) in [5, 5.41) is 16.3. The number of carbonyl (C=O) groups is 2. The second-order valence-corrected chi connectivity index (χ2v) is 9.70. The van der Waals surface area contributed by atoms with Crippen molar-refractivity contribution in [2.24, 2.45) is 11.8 Å². The number of Topliss-reactive ketones (excluding diaryl/α,β-unsaturated/α-hetero) is 1. The Balaban J connectivity index is 1.43. The number of pyridine rings is 1. The summed E-state index contributed by atoms with van der Waals surface area (Å²) >= 11 is 3.10. The summed E-state index contributed by atoms with van der Waals surface area (Å²) < 4.78 is 0. The minimum atomic E-state index is -0.522. The number of likely N-dealkylation sites (tertiary alicyclic amines) is 1. The lowest BCUT2D eigenvalue weighted by Crippen LogP contribution is -2.49. The van der Waals surface area contributed by atoms with Crippen LogP contribution in [0.15, 0.2) is 23.7 Å². The van der Waals surface area contributed by atoms with Gasteiger partial charge in [-0.1, -0.05) is 6.92 Å². The molecule has 1 fully saturated rings. The number of aromatic nitrogens is 3. The Morgan fingerprint density at radius 3 is 2.74 bits per heavy atom. The van der Waals surface area contributed by atoms with Crippen LogP contribution in [-0.2, 0) is 4.79 Å². The maximum atomic E-state index is 12.8. The quantitative estimate of drug-likeness (QED) is 0.605. The van der Waals surface area contributed by atoms with E-state index < -0.39 is 5.92 Å². The van der Waals surface area contributed by atoms with Gasteiger partial charge in [-0.05, 0) is 26.0 Å². The van der Waals surface area contributed by atoms with Crippen LogP contribution in [0, 0.1) is 25.7 Å². The Morgan fingerprint density at radius 1 is 1.29 bits per heavy atom. The summed E-state index contributed by atoms with van der Waals surface area (Å²) in [5.41, 5.74) is 2.30. The molecule has 3 aromatic heterocycles. The molecular weight excluding hydrogens is 434 g/mol. The van der Waals surface area contributed by atoms with Crippen LogP contribution in [-0.4, -0.2) is 56.3 Å². The van der Waals surface area contributed by atoms with E-state index in [-0.39, 0.29) is 30.8 Å². The van der Waals surface area contributed by atoms with E-state index in [9.17, 15) is 14.7 Å². The van der Waals surface area contributed by atoms with Crippen molar-refractivity contribution in [1.29, 1.82) is 0 Å². The standard InChI is InChI=1S/C21H23N5O3S2/c1-11-7-26(8-15(9-27)18(11)28)20(29)14-4-5-17(22-6-14)25-21-24-16(10-30-21)19-12(2)23-13(3)31-19/h4-6,10-11,15,27H,7-9H2,1-3H3,(H,22,24,25). The van der Waals surface area contributed by atoms with Crippen LogP contribution in [0.5, 0.6) is 0 Å². The summed E-state index contributed by atoms with van der Waals surface area (Å²) in [6.45, 7) is 6.08. The highest BCUT2D eigenvalue weighted by Crippen LogP contribution is 2.32. The van der Waals surface area contributed by atoms with Crippen LogP contribution in [0.2, 0.25) is 0 Å². The minimum absolute atomic E-state index is 0.00993. The van der Waals surface area contributed by atoms with Crippen LogP contribution in [0.4, 0.5) is 10.9 Å². The molecule has 0 aliphatic carbocycles. The van der Waals surface area contributed by atoms with Gasteiger partial charge in [0.15, 0.2) is 5.13 Å². The molecule has 1 aliphatic heterocycles. The van der Waals surface area contributed by atoms with E-state index in [1.54, 1.807) is 35.3 Å². The first-order valence-corrected chi connectivity index (χ1v) is 11.6. The average molecular weight is 458 g/mol. The number of hydrogen-bond acceptors (Lipinski definition) is 9. The maximum absolute atomic E-state index is 12.8. The number of aliphatic hydroxyl groups excluding tert-OH is 1. The number of amides is 1. The number of hydrogen-bond donors (Lipinski definition) is 2. The normalized spacial score (nSPS) is 19.0. The summed E-state index contributed by atoms with van der Waals surface area (Å²) in [4.78, 5) is 41.0. The lowest BCUT2D eigenvalue weighted by Gasteiger charge is -2.34. The number of nitrogens with one attached hydrogen (secondary N) is 1. The van der Waals surface area contributed by atoms with Crippen LogP contribution in [0.25, 0.3) is 10.6 Å². The van der Waals surface area contributed by atoms with Gasteiger partial charge < -0.3 is 15.3 Å². The van der Waals surface area contributed by atoms with Crippen LogP contribution in [0.1, 0.15) is 28.0 Å². The van der Waals surface area contributed by atoms with E-state index in [1.165, 1.54) is 17.5 Å². The molecule has 1 saturated heterocycles. The molecule has 8 nitrogen and oxygen atoms in total.